The number of carboxylic acid groups (broad SMARTS) is 1. The first-order chi connectivity index (χ1) is 11.0. The molecule has 0 unspecified atom stereocenters. The van der Waals surface area contributed by atoms with Crippen LogP contribution in [0.5, 0.6) is 0 Å². The first kappa shape index (κ1) is 17.9. The molecule has 6 heteroatoms. The third-order valence-electron chi connectivity index (χ3n) is 4.26. The maximum Gasteiger partial charge on any atom is 0.323 e. The highest BCUT2D eigenvalue weighted by molar-refractivity contribution is 9.10. The van der Waals surface area contributed by atoms with E-state index in [0.717, 1.165) is 16.5 Å². The van der Waals surface area contributed by atoms with Crippen LogP contribution in [0.25, 0.3) is 0 Å². The van der Waals surface area contributed by atoms with Gasteiger partial charge in [0.15, 0.2) is 0 Å². The number of carbonyl (C=O) groups is 2. The molecule has 0 radical (unpaired) electrons. The van der Waals surface area contributed by atoms with Crippen LogP contribution in [0, 0.1) is 0 Å². The Morgan fingerprint density at radius 1 is 1.26 bits per heavy atom. The molecule has 2 rings (SSSR count). The van der Waals surface area contributed by atoms with E-state index in [2.05, 4.69) is 15.9 Å². The molecule has 1 aromatic carbocycles. The number of benzene rings is 1. The zero-order valence-corrected chi connectivity index (χ0v) is 14.8. The van der Waals surface area contributed by atoms with Crippen molar-refractivity contribution in [2.45, 2.75) is 31.6 Å². The van der Waals surface area contributed by atoms with Crippen LogP contribution in [0.2, 0.25) is 0 Å². The van der Waals surface area contributed by atoms with Crippen LogP contribution in [-0.2, 0) is 19.7 Å². The summed E-state index contributed by atoms with van der Waals surface area (Å²) in [6.07, 6.45) is 1.88. The largest absolute Gasteiger partial charge is 0.480 e. The predicted molar refractivity (Wildman–Crippen MR) is 90.4 cm³/mol. The summed E-state index contributed by atoms with van der Waals surface area (Å²) in [6.45, 7) is 3.15. The zero-order chi connectivity index (χ0) is 16.9. The summed E-state index contributed by atoms with van der Waals surface area (Å²) < 4.78 is 6.40. The van der Waals surface area contributed by atoms with Crippen LogP contribution < -0.4 is 0 Å². The van der Waals surface area contributed by atoms with Crippen molar-refractivity contribution < 1.29 is 19.4 Å². The molecule has 1 aliphatic heterocycles. The van der Waals surface area contributed by atoms with Gasteiger partial charge in [-0.15, -0.1) is 0 Å². The Bertz CT molecular complexity index is 552. The minimum absolute atomic E-state index is 0.104. The first-order valence-corrected chi connectivity index (χ1v) is 8.64. The van der Waals surface area contributed by atoms with E-state index in [1.54, 1.807) is 0 Å². The van der Waals surface area contributed by atoms with Crippen molar-refractivity contribution in [2.75, 3.05) is 26.3 Å². The lowest BCUT2D eigenvalue weighted by atomic mass is 9.73. The van der Waals surface area contributed by atoms with Gasteiger partial charge in [0.1, 0.15) is 6.54 Å². The SMILES string of the molecule is CCCN(CC(=O)O)C(=O)C1(c2ccc(Br)cc2)CCOCC1. The molecule has 0 atom stereocenters. The van der Waals surface area contributed by atoms with Gasteiger partial charge in [0, 0.05) is 24.2 Å². The highest BCUT2D eigenvalue weighted by Crippen LogP contribution is 2.37. The lowest BCUT2D eigenvalue weighted by Crippen LogP contribution is -2.51. The molecule has 1 amide bonds. The molecule has 0 bridgehead atoms. The third kappa shape index (κ3) is 4.12. The number of hydrogen-bond acceptors (Lipinski definition) is 3. The fourth-order valence-corrected chi connectivity index (χ4v) is 3.37. The molecule has 0 saturated carbocycles. The van der Waals surface area contributed by atoms with E-state index in [1.165, 1.54) is 4.90 Å². The smallest absolute Gasteiger partial charge is 0.323 e. The Kier molecular flexibility index (Phi) is 6.18. The quantitative estimate of drug-likeness (QED) is 0.819. The first-order valence-electron chi connectivity index (χ1n) is 7.84. The Morgan fingerprint density at radius 3 is 2.39 bits per heavy atom. The van der Waals surface area contributed by atoms with E-state index < -0.39 is 11.4 Å². The Morgan fingerprint density at radius 2 is 1.87 bits per heavy atom. The fraction of sp³-hybridized carbons (Fsp3) is 0.529. The molecular formula is C17H22BrNO4. The molecule has 0 aliphatic carbocycles. The number of aliphatic carboxylic acids is 1. The molecule has 1 heterocycles. The number of amides is 1. The Labute approximate surface area is 144 Å². The second-order valence-electron chi connectivity index (χ2n) is 5.82. The number of halogens is 1. The molecule has 126 valence electrons. The minimum Gasteiger partial charge on any atom is -0.480 e. The van der Waals surface area contributed by atoms with Crippen LogP contribution >= 0.6 is 15.9 Å². The molecule has 1 N–H and O–H groups in total. The number of carboxylic acids is 1. The van der Waals surface area contributed by atoms with Gasteiger partial charge in [-0.2, -0.15) is 0 Å². The monoisotopic (exact) mass is 383 g/mol. The second-order valence-corrected chi connectivity index (χ2v) is 6.74. The summed E-state index contributed by atoms with van der Waals surface area (Å²) in [6, 6.07) is 7.72. The van der Waals surface area contributed by atoms with Gasteiger partial charge in [-0.1, -0.05) is 35.0 Å². The molecule has 5 nitrogen and oxygen atoms in total. The standard InChI is InChI=1S/C17H22BrNO4/c1-2-9-19(12-15(20)21)16(22)17(7-10-23-11-8-17)13-3-5-14(18)6-4-13/h3-6H,2,7-12H2,1H3,(H,20,21). The van der Waals surface area contributed by atoms with Gasteiger partial charge >= 0.3 is 5.97 Å². The van der Waals surface area contributed by atoms with E-state index in [1.807, 2.05) is 31.2 Å². The van der Waals surface area contributed by atoms with E-state index in [4.69, 9.17) is 9.84 Å². The lowest BCUT2D eigenvalue weighted by molar-refractivity contribution is -0.149. The fourth-order valence-electron chi connectivity index (χ4n) is 3.10. The number of ether oxygens (including phenoxy) is 1. The molecule has 0 spiro atoms. The van der Waals surface area contributed by atoms with Crippen LogP contribution in [-0.4, -0.2) is 48.2 Å². The Balaban J connectivity index is 2.37. The van der Waals surface area contributed by atoms with Crippen molar-refractivity contribution in [2.24, 2.45) is 0 Å². The van der Waals surface area contributed by atoms with Gasteiger partial charge in [-0.05, 0) is 37.0 Å². The Hall–Kier alpha value is -1.40. The molecule has 1 saturated heterocycles. The highest BCUT2D eigenvalue weighted by atomic mass is 79.9. The number of hydrogen-bond donors (Lipinski definition) is 1. The summed E-state index contributed by atoms with van der Waals surface area (Å²) in [5.74, 6) is -1.09. The van der Waals surface area contributed by atoms with Crippen molar-refractivity contribution >= 4 is 27.8 Å². The topological polar surface area (TPSA) is 66.8 Å². The van der Waals surface area contributed by atoms with Crippen molar-refractivity contribution in [3.05, 3.63) is 34.3 Å². The second kappa shape index (κ2) is 7.93. The van der Waals surface area contributed by atoms with E-state index >= 15 is 0 Å². The maximum absolute atomic E-state index is 13.2. The average molecular weight is 384 g/mol. The zero-order valence-electron chi connectivity index (χ0n) is 13.3. The summed E-state index contributed by atoms with van der Waals surface area (Å²) in [5, 5.41) is 9.12. The van der Waals surface area contributed by atoms with Crippen molar-refractivity contribution in [3.8, 4) is 0 Å². The third-order valence-corrected chi connectivity index (χ3v) is 4.79. The number of carbonyl (C=O) groups excluding carboxylic acids is 1. The number of rotatable bonds is 6. The van der Waals surface area contributed by atoms with E-state index in [-0.39, 0.29) is 12.5 Å². The van der Waals surface area contributed by atoms with Crippen LogP contribution in [0.3, 0.4) is 0 Å². The molecule has 0 aromatic heterocycles. The summed E-state index contributed by atoms with van der Waals surface area (Å²) in [7, 11) is 0. The minimum atomic E-state index is -0.982. The van der Waals surface area contributed by atoms with Gasteiger partial charge in [0.05, 0.1) is 5.41 Å². The lowest BCUT2D eigenvalue weighted by Gasteiger charge is -2.39. The van der Waals surface area contributed by atoms with E-state index in [9.17, 15) is 9.59 Å². The van der Waals surface area contributed by atoms with E-state index in [0.29, 0.717) is 32.6 Å². The van der Waals surface area contributed by atoms with Gasteiger partial charge in [-0.25, -0.2) is 0 Å². The van der Waals surface area contributed by atoms with Crippen molar-refractivity contribution in [1.29, 1.82) is 0 Å². The van der Waals surface area contributed by atoms with Crippen LogP contribution in [0.1, 0.15) is 31.7 Å². The van der Waals surface area contributed by atoms with Gasteiger partial charge in [0.25, 0.3) is 0 Å². The summed E-state index contributed by atoms with van der Waals surface area (Å²) >= 11 is 3.41. The van der Waals surface area contributed by atoms with Crippen LogP contribution in [0.4, 0.5) is 0 Å². The number of nitrogens with zero attached hydrogens (tertiary/aromatic N) is 1. The molecule has 23 heavy (non-hydrogen) atoms. The molecular weight excluding hydrogens is 362 g/mol. The average Bonchev–Trinajstić information content (AvgIpc) is 2.54. The normalized spacial score (nSPS) is 16.8. The summed E-state index contributed by atoms with van der Waals surface area (Å²) in [5.41, 5.74) is 0.240. The van der Waals surface area contributed by atoms with Crippen LogP contribution in [0.15, 0.2) is 28.7 Å². The van der Waals surface area contributed by atoms with Gasteiger partial charge in [0.2, 0.25) is 5.91 Å². The summed E-state index contributed by atoms with van der Waals surface area (Å²) in [4.78, 5) is 25.8. The molecule has 1 fully saturated rings. The van der Waals surface area contributed by atoms with Crippen molar-refractivity contribution in [3.63, 3.8) is 0 Å². The maximum atomic E-state index is 13.2. The highest BCUT2D eigenvalue weighted by Gasteiger charge is 2.44. The van der Waals surface area contributed by atoms with Gasteiger partial charge < -0.3 is 14.7 Å². The van der Waals surface area contributed by atoms with Gasteiger partial charge in [-0.3, -0.25) is 9.59 Å². The predicted octanol–water partition coefficient (Wildman–Crippen LogP) is 2.82. The van der Waals surface area contributed by atoms with Crippen molar-refractivity contribution in [1.82, 2.24) is 4.90 Å². The molecule has 1 aromatic rings. The molecule has 1 aliphatic rings.